The van der Waals surface area contributed by atoms with Crippen LogP contribution >= 0.6 is 11.6 Å². The van der Waals surface area contributed by atoms with Crippen molar-refractivity contribution in [1.29, 1.82) is 0 Å². The second-order valence-electron chi connectivity index (χ2n) is 7.94. The maximum Gasteiger partial charge on any atom is 0.417 e. The number of hydrogen-bond acceptors (Lipinski definition) is 6. The van der Waals surface area contributed by atoms with Crippen LogP contribution in [0.4, 0.5) is 35.3 Å². The van der Waals surface area contributed by atoms with Gasteiger partial charge in [-0.1, -0.05) is 11.6 Å². The van der Waals surface area contributed by atoms with E-state index in [4.69, 9.17) is 11.6 Å². The number of benzene rings is 2. The summed E-state index contributed by atoms with van der Waals surface area (Å²) in [5, 5.41) is 16.9. The number of aliphatic hydroxyl groups is 1. The first-order chi connectivity index (χ1) is 17.6. The Kier molecular flexibility index (Phi) is 7.60. The minimum atomic E-state index is -4.64. The maximum atomic E-state index is 13.0. The number of urea groups is 1. The van der Waals surface area contributed by atoms with Gasteiger partial charge in [-0.3, -0.25) is 4.57 Å². The Hall–Kier alpha value is -4.16. The van der Waals surface area contributed by atoms with E-state index in [0.29, 0.717) is 29.8 Å². The van der Waals surface area contributed by atoms with Gasteiger partial charge in [-0.05, 0) is 55.5 Å². The Labute approximate surface area is 214 Å². The zero-order valence-corrected chi connectivity index (χ0v) is 20.0. The molecule has 1 atom stereocenters. The normalized spacial score (nSPS) is 12.2. The SMILES string of the molecule is C[C@H](O)CNc1nccc(-n2ccnc2-c2ccc(NC(=O)Nc3ccc(Cl)c(C(F)(F)F)c3)cc2)n1. The molecule has 0 aliphatic heterocycles. The summed E-state index contributed by atoms with van der Waals surface area (Å²) in [6, 6.07) is 10.8. The van der Waals surface area contributed by atoms with E-state index in [-0.39, 0.29) is 5.69 Å². The summed E-state index contributed by atoms with van der Waals surface area (Å²) >= 11 is 5.61. The molecule has 192 valence electrons. The smallest absolute Gasteiger partial charge is 0.392 e. The Morgan fingerprint density at radius 2 is 1.76 bits per heavy atom. The van der Waals surface area contributed by atoms with E-state index in [2.05, 4.69) is 30.9 Å². The molecule has 9 nitrogen and oxygen atoms in total. The van der Waals surface area contributed by atoms with E-state index in [1.807, 2.05) is 0 Å². The number of rotatable bonds is 7. The van der Waals surface area contributed by atoms with Crippen molar-refractivity contribution in [3.63, 3.8) is 0 Å². The van der Waals surface area contributed by atoms with Crippen molar-refractivity contribution in [3.05, 3.63) is 77.7 Å². The molecule has 2 aromatic heterocycles. The van der Waals surface area contributed by atoms with Crippen molar-refractivity contribution in [2.24, 2.45) is 0 Å². The van der Waals surface area contributed by atoms with Gasteiger partial charge < -0.3 is 21.1 Å². The average Bonchev–Trinajstić information content (AvgIpc) is 3.34. The van der Waals surface area contributed by atoms with Gasteiger partial charge in [0.15, 0.2) is 0 Å². The van der Waals surface area contributed by atoms with Crippen LogP contribution < -0.4 is 16.0 Å². The minimum Gasteiger partial charge on any atom is -0.392 e. The first-order valence-corrected chi connectivity index (χ1v) is 11.3. The second kappa shape index (κ2) is 10.8. The third kappa shape index (κ3) is 6.54. The van der Waals surface area contributed by atoms with Gasteiger partial charge >= 0.3 is 12.2 Å². The van der Waals surface area contributed by atoms with Gasteiger partial charge in [-0.2, -0.15) is 18.2 Å². The van der Waals surface area contributed by atoms with Crippen molar-refractivity contribution >= 4 is 35.0 Å². The Bertz CT molecular complexity index is 1390. The van der Waals surface area contributed by atoms with E-state index in [1.165, 1.54) is 6.07 Å². The lowest BCUT2D eigenvalue weighted by Crippen LogP contribution is -2.20. The van der Waals surface area contributed by atoms with Crippen LogP contribution in [0.15, 0.2) is 67.1 Å². The summed E-state index contributed by atoms with van der Waals surface area (Å²) in [7, 11) is 0. The molecule has 0 aliphatic rings. The summed E-state index contributed by atoms with van der Waals surface area (Å²) in [6.45, 7) is 1.94. The molecular weight excluding hydrogens is 511 g/mol. The van der Waals surface area contributed by atoms with Crippen LogP contribution in [-0.2, 0) is 6.18 Å². The van der Waals surface area contributed by atoms with E-state index in [9.17, 15) is 23.1 Å². The number of anilines is 3. The van der Waals surface area contributed by atoms with Crippen LogP contribution in [0.1, 0.15) is 12.5 Å². The average molecular weight is 532 g/mol. The molecule has 0 unspecified atom stereocenters. The molecule has 0 fully saturated rings. The van der Waals surface area contributed by atoms with Crippen LogP contribution in [0.2, 0.25) is 5.02 Å². The van der Waals surface area contributed by atoms with Crippen molar-refractivity contribution in [2.75, 3.05) is 22.5 Å². The number of aromatic nitrogens is 4. The molecule has 4 N–H and O–H groups in total. The number of hydrogen-bond donors (Lipinski definition) is 4. The van der Waals surface area contributed by atoms with Crippen molar-refractivity contribution < 1.29 is 23.1 Å². The molecule has 2 aromatic carbocycles. The Morgan fingerprint density at radius 3 is 2.46 bits per heavy atom. The molecule has 0 radical (unpaired) electrons. The Morgan fingerprint density at radius 1 is 1.05 bits per heavy atom. The molecule has 0 saturated carbocycles. The topological polar surface area (TPSA) is 117 Å². The highest BCUT2D eigenvalue weighted by atomic mass is 35.5. The van der Waals surface area contributed by atoms with Gasteiger partial charge in [0.05, 0.1) is 16.7 Å². The number of carbonyl (C=O) groups excluding carboxylic acids is 1. The van der Waals surface area contributed by atoms with E-state index < -0.39 is 28.9 Å². The van der Waals surface area contributed by atoms with Crippen molar-refractivity contribution in [1.82, 2.24) is 19.5 Å². The maximum absolute atomic E-state index is 13.0. The largest absolute Gasteiger partial charge is 0.417 e. The van der Waals surface area contributed by atoms with Crippen LogP contribution in [0.3, 0.4) is 0 Å². The molecule has 13 heteroatoms. The molecule has 0 bridgehead atoms. The number of aliphatic hydroxyl groups excluding tert-OH is 1. The molecule has 4 rings (SSSR count). The molecule has 37 heavy (non-hydrogen) atoms. The van der Waals surface area contributed by atoms with Gasteiger partial charge in [0.1, 0.15) is 11.6 Å². The molecule has 0 aliphatic carbocycles. The van der Waals surface area contributed by atoms with Gasteiger partial charge in [0, 0.05) is 42.1 Å². The quantitative estimate of drug-likeness (QED) is 0.252. The number of nitrogens with zero attached hydrogens (tertiary/aromatic N) is 4. The zero-order chi connectivity index (χ0) is 26.6. The molecule has 0 saturated heterocycles. The van der Waals surface area contributed by atoms with E-state index in [1.54, 1.807) is 60.4 Å². The van der Waals surface area contributed by atoms with Crippen LogP contribution in [0.25, 0.3) is 17.2 Å². The zero-order valence-electron chi connectivity index (χ0n) is 19.3. The summed E-state index contributed by atoms with van der Waals surface area (Å²) < 4.78 is 40.9. The molecule has 2 heterocycles. The van der Waals surface area contributed by atoms with Crippen LogP contribution in [-0.4, -0.2) is 43.3 Å². The van der Waals surface area contributed by atoms with Gasteiger partial charge in [-0.25, -0.2) is 14.8 Å². The minimum absolute atomic E-state index is 0.0555. The molecular formula is C24H21ClF3N7O2. The monoisotopic (exact) mass is 531 g/mol. The second-order valence-corrected chi connectivity index (χ2v) is 8.35. The highest BCUT2D eigenvalue weighted by molar-refractivity contribution is 6.31. The summed E-state index contributed by atoms with van der Waals surface area (Å²) in [4.78, 5) is 25.3. The highest BCUT2D eigenvalue weighted by Gasteiger charge is 2.33. The van der Waals surface area contributed by atoms with Gasteiger partial charge in [-0.15, -0.1) is 0 Å². The van der Waals surface area contributed by atoms with E-state index in [0.717, 1.165) is 17.7 Å². The van der Waals surface area contributed by atoms with Gasteiger partial charge in [0.25, 0.3) is 0 Å². The highest BCUT2D eigenvalue weighted by Crippen LogP contribution is 2.36. The standard InChI is InChI=1S/C24H21ClF3N7O2/c1-14(36)13-31-22-30-9-8-20(34-22)35-11-10-29-21(35)15-2-4-16(5-3-15)32-23(37)33-17-6-7-19(25)18(12-17)24(26,27)28/h2-12,14,36H,13H2,1H3,(H,30,31,34)(H2,32,33,37)/t14-/m0/s1. The van der Waals surface area contributed by atoms with Gasteiger partial charge in [0.2, 0.25) is 5.95 Å². The van der Waals surface area contributed by atoms with Crippen molar-refractivity contribution in [2.45, 2.75) is 19.2 Å². The molecule has 0 spiro atoms. The number of alkyl halides is 3. The lowest BCUT2D eigenvalue weighted by molar-refractivity contribution is -0.137. The third-order valence-corrected chi connectivity index (χ3v) is 5.34. The predicted octanol–water partition coefficient (Wildman–Crippen LogP) is 5.44. The fourth-order valence-electron chi connectivity index (χ4n) is 3.33. The first-order valence-electron chi connectivity index (χ1n) is 10.9. The summed E-state index contributed by atoms with van der Waals surface area (Å²) in [6.07, 6.45) is -0.276. The molecule has 4 aromatic rings. The first kappa shape index (κ1) is 25.9. The number of carbonyl (C=O) groups is 1. The van der Waals surface area contributed by atoms with Crippen LogP contribution in [0, 0.1) is 0 Å². The predicted molar refractivity (Wildman–Crippen MR) is 134 cm³/mol. The lowest BCUT2D eigenvalue weighted by atomic mass is 10.2. The Balaban J connectivity index is 1.45. The number of amides is 2. The fraction of sp³-hybridized carbons (Fsp3) is 0.167. The van der Waals surface area contributed by atoms with E-state index >= 15 is 0 Å². The third-order valence-electron chi connectivity index (χ3n) is 5.01. The van der Waals surface area contributed by atoms with Crippen molar-refractivity contribution in [3.8, 4) is 17.2 Å². The number of halogens is 4. The lowest BCUT2D eigenvalue weighted by Gasteiger charge is -2.13. The summed E-state index contributed by atoms with van der Waals surface area (Å²) in [5.74, 6) is 1.49. The van der Waals surface area contributed by atoms with Crippen LogP contribution in [0.5, 0.6) is 0 Å². The molecule has 2 amide bonds. The number of nitrogens with one attached hydrogen (secondary N) is 3. The fourth-order valence-corrected chi connectivity index (χ4v) is 3.55. The number of imidazole rings is 1. The summed E-state index contributed by atoms with van der Waals surface area (Å²) in [5.41, 5.74) is 0.0398.